The molecule has 1 heterocycles. The number of rotatable bonds is 7. The molecular weight excluding hydrogens is 357 g/mol. The van der Waals surface area contributed by atoms with E-state index in [1.165, 1.54) is 6.07 Å². The predicted octanol–water partition coefficient (Wildman–Crippen LogP) is 2.76. The molecular formula is C21H30FN5O. The average Bonchev–Trinajstić information content (AvgIpc) is 3.30. The van der Waals surface area contributed by atoms with Crippen LogP contribution in [0.2, 0.25) is 0 Å². The van der Waals surface area contributed by atoms with Gasteiger partial charge in [-0.15, -0.1) is 0 Å². The van der Waals surface area contributed by atoms with E-state index in [2.05, 4.69) is 28.7 Å². The summed E-state index contributed by atoms with van der Waals surface area (Å²) in [5, 5.41) is 11.4. The fourth-order valence-corrected chi connectivity index (χ4v) is 3.49. The van der Waals surface area contributed by atoms with E-state index in [0.29, 0.717) is 17.7 Å². The maximum absolute atomic E-state index is 14.6. The first-order valence-electron chi connectivity index (χ1n) is 9.97. The van der Waals surface area contributed by atoms with E-state index in [9.17, 15) is 4.39 Å². The fraction of sp³-hybridized carbons (Fsp3) is 0.476. The van der Waals surface area contributed by atoms with Gasteiger partial charge in [0.1, 0.15) is 17.5 Å². The molecule has 1 saturated heterocycles. The van der Waals surface area contributed by atoms with Crippen molar-refractivity contribution in [1.29, 1.82) is 5.41 Å². The Morgan fingerprint density at radius 2 is 2.32 bits per heavy atom. The third-order valence-electron chi connectivity index (χ3n) is 5.11. The van der Waals surface area contributed by atoms with Crippen molar-refractivity contribution in [2.75, 3.05) is 13.1 Å². The Morgan fingerprint density at radius 3 is 3.04 bits per heavy atom. The minimum Gasteiger partial charge on any atom is -0.370 e. The van der Waals surface area contributed by atoms with Gasteiger partial charge in [0.05, 0.1) is 6.10 Å². The van der Waals surface area contributed by atoms with Gasteiger partial charge in [-0.3, -0.25) is 10.2 Å². The summed E-state index contributed by atoms with van der Waals surface area (Å²) < 4.78 is 14.6. The van der Waals surface area contributed by atoms with Crippen LogP contribution < -0.4 is 16.5 Å². The van der Waals surface area contributed by atoms with Crippen molar-refractivity contribution in [3.8, 4) is 0 Å². The highest BCUT2D eigenvalue weighted by Crippen LogP contribution is 2.20. The maximum atomic E-state index is 14.6. The van der Waals surface area contributed by atoms with E-state index >= 15 is 0 Å². The third-order valence-corrected chi connectivity index (χ3v) is 5.11. The van der Waals surface area contributed by atoms with Gasteiger partial charge in [-0.05, 0) is 37.8 Å². The first kappa shape index (κ1) is 20.4. The first-order valence-corrected chi connectivity index (χ1v) is 9.97. The molecule has 1 aromatic carbocycles. The van der Waals surface area contributed by atoms with Crippen LogP contribution in [-0.2, 0) is 11.4 Å². The van der Waals surface area contributed by atoms with Gasteiger partial charge in [0.15, 0.2) is 0 Å². The number of hydroxylamine groups is 1. The molecule has 28 heavy (non-hydrogen) atoms. The van der Waals surface area contributed by atoms with Crippen LogP contribution in [0.15, 0.2) is 42.2 Å². The Bertz CT molecular complexity index is 748. The number of nitrogens with zero attached hydrogens (tertiary/aromatic N) is 1. The number of hydrogen-bond donors (Lipinski definition) is 4. The monoisotopic (exact) mass is 387 g/mol. The van der Waals surface area contributed by atoms with Crippen LogP contribution in [0, 0.1) is 11.2 Å². The van der Waals surface area contributed by atoms with Crippen molar-refractivity contribution in [1.82, 2.24) is 15.7 Å². The van der Waals surface area contributed by atoms with Crippen LogP contribution >= 0.6 is 0 Å². The zero-order valence-corrected chi connectivity index (χ0v) is 16.4. The number of amidine groups is 1. The molecule has 152 valence electrons. The summed E-state index contributed by atoms with van der Waals surface area (Å²) in [7, 11) is 0. The smallest absolute Gasteiger partial charge is 0.149 e. The van der Waals surface area contributed by atoms with Crippen molar-refractivity contribution < 1.29 is 9.23 Å². The second-order valence-corrected chi connectivity index (χ2v) is 7.33. The summed E-state index contributed by atoms with van der Waals surface area (Å²) in [6, 6.07) is 5.04. The SMILES string of the molecule is CC/C=C/C=C1\NCCN1Cc1ccc(C(=N)NOC2CCC(N)C2)cc1F. The normalized spacial score (nSPS) is 23.5. The first-order chi connectivity index (χ1) is 13.6. The number of allylic oxidation sites excluding steroid dienone is 3. The van der Waals surface area contributed by atoms with Crippen molar-refractivity contribution in [3.05, 3.63) is 59.2 Å². The van der Waals surface area contributed by atoms with Crippen molar-refractivity contribution in [2.45, 2.75) is 51.3 Å². The highest BCUT2D eigenvalue weighted by molar-refractivity contribution is 5.95. The molecule has 1 aromatic rings. The van der Waals surface area contributed by atoms with Crippen LogP contribution in [0.3, 0.4) is 0 Å². The molecule has 0 aromatic heterocycles. The van der Waals surface area contributed by atoms with Gasteiger partial charge in [-0.25, -0.2) is 9.87 Å². The lowest BCUT2D eigenvalue weighted by Crippen LogP contribution is -2.29. The minimum atomic E-state index is -0.317. The maximum Gasteiger partial charge on any atom is 0.149 e. The van der Waals surface area contributed by atoms with Gasteiger partial charge >= 0.3 is 0 Å². The standard InChI is InChI=1S/C21H30FN5O/c1-2-3-4-5-20-25-10-11-27(20)14-16-7-6-15(12-19(16)22)21(24)26-28-18-9-8-17(23)13-18/h3-7,12,17-18,25H,2,8-11,13-14,23H2,1H3,(H2,24,26)/b4-3+,20-5+. The molecule has 2 unspecified atom stereocenters. The van der Waals surface area contributed by atoms with Crippen LogP contribution in [-0.4, -0.2) is 36.0 Å². The zero-order chi connectivity index (χ0) is 19.9. The molecule has 5 N–H and O–H groups in total. The Labute approximate surface area is 166 Å². The van der Waals surface area contributed by atoms with Gasteiger partial charge < -0.3 is 16.0 Å². The number of nitrogens with one attached hydrogen (secondary N) is 3. The molecule has 1 aliphatic carbocycles. The van der Waals surface area contributed by atoms with Gasteiger partial charge in [-0.1, -0.05) is 31.2 Å². The lowest BCUT2D eigenvalue weighted by molar-refractivity contribution is 0.0141. The molecule has 7 heteroatoms. The van der Waals surface area contributed by atoms with Gasteiger partial charge in [0.25, 0.3) is 0 Å². The van der Waals surface area contributed by atoms with Crippen molar-refractivity contribution in [3.63, 3.8) is 0 Å². The molecule has 0 bridgehead atoms. The van der Waals surface area contributed by atoms with Crippen molar-refractivity contribution >= 4 is 5.84 Å². The highest BCUT2D eigenvalue weighted by atomic mass is 19.1. The van der Waals surface area contributed by atoms with E-state index < -0.39 is 0 Å². The number of hydrogen-bond acceptors (Lipinski definition) is 5. The highest BCUT2D eigenvalue weighted by Gasteiger charge is 2.23. The van der Waals surface area contributed by atoms with E-state index in [1.807, 2.05) is 12.2 Å². The van der Waals surface area contributed by atoms with E-state index in [0.717, 1.165) is 44.6 Å². The molecule has 1 aliphatic heterocycles. The Balaban J connectivity index is 1.58. The van der Waals surface area contributed by atoms with Crippen LogP contribution in [0.1, 0.15) is 43.7 Å². The molecule has 0 radical (unpaired) electrons. The molecule has 0 spiro atoms. The lowest BCUT2D eigenvalue weighted by Gasteiger charge is -2.19. The average molecular weight is 388 g/mol. The predicted molar refractivity (Wildman–Crippen MR) is 109 cm³/mol. The van der Waals surface area contributed by atoms with E-state index in [-0.39, 0.29) is 23.8 Å². The summed E-state index contributed by atoms with van der Waals surface area (Å²) in [6.07, 6.45) is 9.70. The van der Waals surface area contributed by atoms with Crippen LogP contribution in [0.25, 0.3) is 0 Å². The summed E-state index contributed by atoms with van der Waals surface area (Å²) >= 11 is 0. The van der Waals surface area contributed by atoms with Gasteiger partial charge in [0, 0.05) is 36.8 Å². The molecule has 6 nitrogen and oxygen atoms in total. The number of nitrogens with two attached hydrogens (primary N) is 1. The lowest BCUT2D eigenvalue weighted by atomic mass is 10.1. The number of benzene rings is 1. The second-order valence-electron chi connectivity index (χ2n) is 7.33. The van der Waals surface area contributed by atoms with Gasteiger partial charge in [0.2, 0.25) is 0 Å². The topological polar surface area (TPSA) is 86.4 Å². The molecule has 1 saturated carbocycles. The number of halogens is 1. The molecule has 0 amide bonds. The summed E-state index contributed by atoms with van der Waals surface area (Å²) in [6.45, 7) is 4.26. The van der Waals surface area contributed by atoms with Gasteiger partial charge in [-0.2, -0.15) is 0 Å². The Kier molecular flexibility index (Phi) is 7.06. The summed E-state index contributed by atoms with van der Waals surface area (Å²) in [5.74, 6) is 0.743. The molecule has 2 atom stereocenters. The molecule has 2 aliphatic rings. The zero-order valence-electron chi connectivity index (χ0n) is 16.4. The third kappa shape index (κ3) is 5.33. The Morgan fingerprint density at radius 1 is 1.46 bits per heavy atom. The summed E-state index contributed by atoms with van der Waals surface area (Å²) in [4.78, 5) is 7.64. The van der Waals surface area contributed by atoms with E-state index in [4.69, 9.17) is 16.0 Å². The Hall–Kier alpha value is -2.38. The van der Waals surface area contributed by atoms with E-state index in [1.54, 1.807) is 12.1 Å². The summed E-state index contributed by atoms with van der Waals surface area (Å²) in [5.41, 5.74) is 9.57. The largest absolute Gasteiger partial charge is 0.370 e. The molecule has 2 fully saturated rings. The fourth-order valence-electron chi connectivity index (χ4n) is 3.49. The minimum absolute atomic E-state index is 0.00843. The molecule has 3 rings (SSSR count). The quantitative estimate of drug-likeness (QED) is 0.328. The van der Waals surface area contributed by atoms with Crippen LogP contribution in [0.4, 0.5) is 4.39 Å². The second kappa shape index (κ2) is 9.71. The van der Waals surface area contributed by atoms with Crippen LogP contribution in [0.5, 0.6) is 0 Å². The van der Waals surface area contributed by atoms with Crippen molar-refractivity contribution in [2.24, 2.45) is 5.73 Å².